The van der Waals surface area contributed by atoms with Crippen molar-refractivity contribution in [2.24, 2.45) is 0 Å². The smallest absolute Gasteiger partial charge is 0.223 e. The fraction of sp³-hybridized carbons (Fsp3) is 0.308. The molecule has 1 aromatic carbocycles. The van der Waals surface area contributed by atoms with Gasteiger partial charge in [0, 0.05) is 50.1 Å². The fourth-order valence-corrected chi connectivity index (χ4v) is 6.04. The number of fused-ring (bicyclic) bond motifs is 3. The molecule has 1 saturated heterocycles. The minimum atomic E-state index is -0.716. The van der Waals surface area contributed by atoms with E-state index < -0.39 is 6.17 Å². The van der Waals surface area contributed by atoms with Gasteiger partial charge in [0.15, 0.2) is 5.13 Å². The molecule has 1 aliphatic heterocycles. The Morgan fingerprint density at radius 1 is 1.23 bits per heavy atom. The van der Waals surface area contributed by atoms with Crippen molar-refractivity contribution in [3.63, 3.8) is 0 Å². The van der Waals surface area contributed by atoms with E-state index in [9.17, 15) is 9.18 Å². The maximum Gasteiger partial charge on any atom is 0.223 e. The van der Waals surface area contributed by atoms with Crippen molar-refractivity contribution < 1.29 is 9.18 Å². The third-order valence-electron chi connectivity index (χ3n) is 6.53. The summed E-state index contributed by atoms with van der Waals surface area (Å²) < 4.78 is 15.6. The van der Waals surface area contributed by atoms with Crippen molar-refractivity contribution in [1.29, 1.82) is 0 Å². The third kappa shape index (κ3) is 4.26. The molecule has 6 rings (SSSR count). The van der Waals surface area contributed by atoms with E-state index in [1.165, 1.54) is 23.8 Å². The van der Waals surface area contributed by atoms with E-state index >= 15 is 0 Å². The van der Waals surface area contributed by atoms with Crippen molar-refractivity contribution in [2.45, 2.75) is 38.9 Å². The third-order valence-corrected chi connectivity index (χ3v) is 7.55. The van der Waals surface area contributed by atoms with Crippen LogP contribution in [0.25, 0.3) is 27.5 Å². The number of likely N-dealkylation sites (tertiary alicyclic amines) is 1. The quantitative estimate of drug-likeness (QED) is 0.442. The summed E-state index contributed by atoms with van der Waals surface area (Å²) in [4.78, 5) is 23.8. The lowest BCUT2D eigenvalue weighted by Crippen LogP contribution is -2.20. The Morgan fingerprint density at radius 2 is 2.09 bits per heavy atom. The highest BCUT2D eigenvalue weighted by Crippen LogP contribution is 2.44. The summed E-state index contributed by atoms with van der Waals surface area (Å²) >= 11 is 1.49. The van der Waals surface area contributed by atoms with E-state index in [4.69, 9.17) is 5.10 Å². The van der Waals surface area contributed by atoms with Gasteiger partial charge in [0.05, 0.1) is 27.6 Å². The number of hydrogen-bond acceptors (Lipinski definition) is 6. The van der Waals surface area contributed by atoms with Gasteiger partial charge < -0.3 is 5.32 Å². The second-order valence-electron chi connectivity index (χ2n) is 9.09. The molecule has 1 unspecified atom stereocenters. The number of nitrogens with zero attached hydrogens (tertiary/aromatic N) is 5. The number of halogens is 1. The minimum absolute atomic E-state index is 0.131. The van der Waals surface area contributed by atoms with Crippen LogP contribution in [0.2, 0.25) is 0 Å². The van der Waals surface area contributed by atoms with Gasteiger partial charge in [0.1, 0.15) is 6.17 Å². The number of anilines is 1. The predicted molar refractivity (Wildman–Crippen MR) is 134 cm³/mol. The summed E-state index contributed by atoms with van der Waals surface area (Å²) in [5.74, 6) is -0.131. The number of rotatable bonds is 5. The van der Waals surface area contributed by atoms with Crippen LogP contribution in [0.3, 0.4) is 0 Å². The Labute approximate surface area is 206 Å². The molecule has 1 fully saturated rings. The molecule has 1 amide bonds. The van der Waals surface area contributed by atoms with Crippen molar-refractivity contribution in [3.05, 3.63) is 65.6 Å². The molecule has 9 heteroatoms. The lowest BCUT2D eigenvalue weighted by atomic mass is 9.95. The first-order valence-corrected chi connectivity index (χ1v) is 12.6. The normalized spacial score (nSPS) is 17.3. The topological polar surface area (TPSA) is 75.9 Å². The second-order valence-corrected chi connectivity index (χ2v) is 10.1. The van der Waals surface area contributed by atoms with Gasteiger partial charge in [-0.2, -0.15) is 5.10 Å². The van der Waals surface area contributed by atoms with Gasteiger partial charge in [-0.1, -0.05) is 23.5 Å². The number of pyridine rings is 1. The fourth-order valence-electron chi connectivity index (χ4n) is 4.93. The van der Waals surface area contributed by atoms with Gasteiger partial charge in [-0.25, -0.2) is 14.1 Å². The summed E-state index contributed by atoms with van der Waals surface area (Å²) in [5.41, 5.74) is 7.17. The minimum Gasteiger partial charge on any atom is -0.302 e. The van der Waals surface area contributed by atoms with Gasteiger partial charge in [-0.15, -0.1) is 0 Å². The second kappa shape index (κ2) is 8.98. The average molecular weight is 489 g/mol. The Hall–Kier alpha value is -3.43. The molecule has 1 atom stereocenters. The molecule has 0 bridgehead atoms. The lowest BCUT2D eigenvalue weighted by Gasteiger charge is -2.16. The number of benzene rings is 1. The maximum absolute atomic E-state index is 13.6. The molecule has 35 heavy (non-hydrogen) atoms. The first-order valence-electron chi connectivity index (χ1n) is 11.8. The number of nitrogens with one attached hydrogen (secondary N) is 1. The zero-order valence-electron chi connectivity index (χ0n) is 19.4. The van der Waals surface area contributed by atoms with Crippen LogP contribution in [-0.4, -0.2) is 49.8 Å². The van der Waals surface area contributed by atoms with Crippen LogP contribution in [0.5, 0.6) is 0 Å². The molecular weight excluding hydrogens is 463 g/mol. The van der Waals surface area contributed by atoms with Crippen LogP contribution in [0.1, 0.15) is 30.2 Å². The van der Waals surface area contributed by atoms with Crippen LogP contribution in [-0.2, 0) is 24.2 Å². The first-order chi connectivity index (χ1) is 17.0. The number of alkyl halides is 1. The van der Waals surface area contributed by atoms with Gasteiger partial charge in [-0.3, -0.25) is 14.7 Å². The van der Waals surface area contributed by atoms with Crippen molar-refractivity contribution in [1.82, 2.24) is 24.6 Å². The van der Waals surface area contributed by atoms with Crippen LogP contribution in [0, 0.1) is 0 Å². The Kier molecular flexibility index (Phi) is 5.66. The summed E-state index contributed by atoms with van der Waals surface area (Å²) in [6, 6.07) is 12.3. The molecule has 0 radical (unpaired) electrons. The SMILES string of the molecule is CC(=O)Nc1nc2c(s1)-c1c(c(-c3cccnc3)nn1-c1ccc(CN3CCC(F)C3)cc1)CC2. The van der Waals surface area contributed by atoms with E-state index in [2.05, 4.69) is 44.5 Å². The number of amides is 1. The Morgan fingerprint density at radius 3 is 2.80 bits per heavy atom. The van der Waals surface area contributed by atoms with Crippen molar-refractivity contribution >= 4 is 22.4 Å². The van der Waals surface area contributed by atoms with Gasteiger partial charge >= 0.3 is 0 Å². The Bertz CT molecular complexity index is 1380. The highest BCUT2D eigenvalue weighted by Gasteiger charge is 2.30. The number of carbonyl (C=O) groups is 1. The maximum atomic E-state index is 13.6. The molecule has 3 aromatic heterocycles. The average Bonchev–Trinajstić information content (AvgIpc) is 3.56. The monoisotopic (exact) mass is 488 g/mol. The molecule has 4 heterocycles. The number of aryl methyl sites for hydroxylation is 1. The molecule has 1 N–H and O–H groups in total. The van der Waals surface area contributed by atoms with Gasteiger partial charge in [0.2, 0.25) is 5.91 Å². The Balaban J connectivity index is 1.41. The molecule has 2 aliphatic rings. The number of thiazole rings is 1. The summed E-state index contributed by atoms with van der Waals surface area (Å²) in [6.45, 7) is 3.55. The predicted octanol–water partition coefficient (Wildman–Crippen LogP) is 4.66. The highest BCUT2D eigenvalue weighted by molar-refractivity contribution is 7.19. The zero-order chi connectivity index (χ0) is 23.9. The lowest BCUT2D eigenvalue weighted by molar-refractivity contribution is -0.114. The van der Waals surface area contributed by atoms with Crippen LogP contribution >= 0.6 is 11.3 Å². The summed E-state index contributed by atoms with van der Waals surface area (Å²) in [5, 5.41) is 8.49. The van der Waals surface area contributed by atoms with E-state index in [-0.39, 0.29) is 5.91 Å². The van der Waals surface area contributed by atoms with Crippen LogP contribution in [0.15, 0.2) is 48.8 Å². The summed E-state index contributed by atoms with van der Waals surface area (Å²) in [6.07, 6.45) is 5.11. The molecule has 178 valence electrons. The van der Waals surface area contributed by atoms with Crippen LogP contribution < -0.4 is 5.32 Å². The summed E-state index contributed by atoms with van der Waals surface area (Å²) in [7, 11) is 0. The van der Waals surface area contributed by atoms with Crippen LogP contribution in [0.4, 0.5) is 9.52 Å². The zero-order valence-corrected chi connectivity index (χ0v) is 20.2. The van der Waals surface area contributed by atoms with E-state index in [1.54, 1.807) is 6.20 Å². The van der Waals surface area contributed by atoms with Crippen molar-refractivity contribution in [3.8, 4) is 27.5 Å². The molecule has 7 nitrogen and oxygen atoms in total. The molecule has 1 aliphatic carbocycles. The van der Waals surface area contributed by atoms with E-state index in [1.807, 2.05) is 23.0 Å². The van der Waals surface area contributed by atoms with Gasteiger partial charge in [-0.05, 0) is 49.1 Å². The van der Waals surface area contributed by atoms with E-state index in [0.717, 1.165) is 64.7 Å². The largest absolute Gasteiger partial charge is 0.302 e. The standard InChI is InChI=1S/C26H25FN6OS/c1-16(34)29-26-30-22-9-8-21-23(18-3-2-11-28-13-18)31-33(24(21)25(22)35-26)20-6-4-17(5-7-20)14-32-12-10-19(27)15-32/h2-7,11,13,19H,8-10,12,14-15H2,1H3,(H,29,30,34). The van der Waals surface area contributed by atoms with Crippen molar-refractivity contribution in [2.75, 3.05) is 18.4 Å². The van der Waals surface area contributed by atoms with Gasteiger partial charge in [0.25, 0.3) is 0 Å². The number of carbonyl (C=O) groups excluding carboxylic acids is 1. The molecule has 4 aromatic rings. The molecular formula is C26H25FN6OS. The molecule has 0 spiro atoms. The molecule has 0 saturated carbocycles. The number of aromatic nitrogens is 4. The highest BCUT2D eigenvalue weighted by atomic mass is 32.1. The first kappa shape index (κ1) is 22.1. The number of hydrogen-bond donors (Lipinski definition) is 1. The van der Waals surface area contributed by atoms with E-state index in [0.29, 0.717) is 18.1 Å².